The summed E-state index contributed by atoms with van der Waals surface area (Å²) in [6.07, 6.45) is 3.16. The molecule has 1 aromatic heterocycles. The zero-order valence-corrected chi connectivity index (χ0v) is 25.3. The largest absolute Gasteiger partial charge is 0.336 e. The highest BCUT2D eigenvalue weighted by Crippen LogP contribution is 2.36. The summed E-state index contributed by atoms with van der Waals surface area (Å²) in [7, 11) is -9.42. The molecule has 5 rings (SSSR count). The average Bonchev–Trinajstić information content (AvgIpc) is 2.98. The van der Waals surface area contributed by atoms with Crippen LogP contribution in [0.5, 0.6) is 0 Å². The van der Waals surface area contributed by atoms with Gasteiger partial charge in [-0.2, -0.15) is 20.5 Å². The van der Waals surface area contributed by atoms with Gasteiger partial charge in [-0.3, -0.25) is 14.7 Å². The predicted octanol–water partition coefficient (Wildman–Crippen LogP) is 4.93. The van der Waals surface area contributed by atoms with Crippen molar-refractivity contribution >= 4 is 54.8 Å². The monoisotopic (exact) mass is 644 g/mol. The predicted molar refractivity (Wildman–Crippen MR) is 162 cm³/mol. The number of aromatic nitrogens is 1. The number of carbonyl (C=O) groups excluding carboxylic acids is 1. The molecule has 1 saturated heterocycles. The Hall–Kier alpha value is -3.48. The van der Waals surface area contributed by atoms with Crippen molar-refractivity contribution in [1.82, 2.24) is 14.8 Å². The van der Waals surface area contributed by atoms with Gasteiger partial charge in [0.15, 0.2) is 0 Å². The minimum atomic E-state index is -4.71. The second kappa shape index (κ2) is 12.4. The molecule has 2 heterocycles. The van der Waals surface area contributed by atoms with Crippen molar-refractivity contribution < 1.29 is 21.6 Å². The van der Waals surface area contributed by atoms with E-state index in [0.29, 0.717) is 47.6 Å². The smallest absolute Gasteiger partial charge is 0.279 e. The Labute approximate surface area is 255 Å². The molecule has 0 unspecified atom stereocenters. The highest BCUT2D eigenvalue weighted by molar-refractivity contribution is 8.10. The molecular formula is C29H26Cl2N4O5S2. The minimum absolute atomic E-state index is 0.0655. The Morgan fingerprint density at radius 3 is 1.83 bits per heavy atom. The molecule has 1 aliphatic rings. The fourth-order valence-electron chi connectivity index (χ4n) is 4.71. The van der Waals surface area contributed by atoms with Crippen LogP contribution in [0.1, 0.15) is 15.9 Å². The summed E-state index contributed by atoms with van der Waals surface area (Å²) in [5.41, 5.74) is 1.18. The van der Waals surface area contributed by atoms with E-state index < -0.39 is 20.0 Å². The van der Waals surface area contributed by atoms with Gasteiger partial charge in [-0.1, -0.05) is 59.6 Å². The lowest BCUT2D eigenvalue weighted by Gasteiger charge is -2.35. The number of rotatable bonds is 8. The summed E-state index contributed by atoms with van der Waals surface area (Å²) in [5.74, 6) is -0.0655. The van der Waals surface area contributed by atoms with Gasteiger partial charge in [0.25, 0.3) is 26.0 Å². The Bertz CT molecular complexity index is 1740. The summed E-state index contributed by atoms with van der Waals surface area (Å²) in [4.78, 5) is 19.9. The van der Waals surface area contributed by atoms with Crippen molar-refractivity contribution in [2.45, 2.75) is 16.3 Å². The number of pyridine rings is 1. The normalized spacial score (nSPS) is 14.5. The molecule has 13 heteroatoms. The molecule has 42 heavy (non-hydrogen) atoms. The first-order valence-corrected chi connectivity index (χ1v) is 16.5. The number of hydrogen-bond donors (Lipinski definition) is 0. The second-order valence-corrected chi connectivity index (χ2v) is 14.1. The fourth-order valence-corrected chi connectivity index (χ4v) is 9.35. The summed E-state index contributed by atoms with van der Waals surface area (Å²) in [5, 5.41) is -0.237. The maximum absolute atomic E-state index is 14.0. The molecular weight excluding hydrogens is 619 g/mol. The first kappa shape index (κ1) is 30.0. The van der Waals surface area contributed by atoms with Crippen LogP contribution in [0.15, 0.2) is 107 Å². The topological polar surface area (TPSA) is 108 Å². The van der Waals surface area contributed by atoms with E-state index in [-0.39, 0.29) is 31.4 Å². The molecule has 1 aliphatic heterocycles. The van der Waals surface area contributed by atoms with Crippen LogP contribution in [0.2, 0.25) is 10.0 Å². The molecule has 1 fully saturated rings. The van der Waals surface area contributed by atoms with E-state index >= 15 is 0 Å². The lowest BCUT2D eigenvalue weighted by molar-refractivity contribution is 0.0628. The van der Waals surface area contributed by atoms with Gasteiger partial charge in [0, 0.05) is 50.7 Å². The number of hydrogen-bond acceptors (Lipinski definition) is 7. The Kier molecular flexibility index (Phi) is 8.86. The van der Waals surface area contributed by atoms with Gasteiger partial charge in [0.2, 0.25) is 0 Å². The Balaban J connectivity index is 1.44. The molecule has 0 bridgehead atoms. The molecule has 0 saturated carbocycles. The van der Waals surface area contributed by atoms with E-state index in [1.807, 2.05) is 0 Å². The van der Waals surface area contributed by atoms with Gasteiger partial charge < -0.3 is 4.90 Å². The molecule has 1 amide bonds. The van der Waals surface area contributed by atoms with Crippen LogP contribution in [0.4, 0.5) is 5.69 Å². The van der Waals surface area contributed by atoms with Crippen molar-refractivity contribution in [2.75, 3.05) is 29.9 Å². The molecule has 3 aromatic carbocycles. The van der Waals surface area contributed by atoms with Crippen molar-refractivity contribution in [3.05, 3.63) is 118 Å². The number of anilines is 1. The molecule has 0 atom stereocenters. The third-order valence-electron chi connectivity index (χ3n) is 6.78. The molecule has 0 N–H and O–H groups in total. The maximum atomic E-state index is 14.0. The van der Waals surface area contributed by atoms with Crippen LogP contribution in [0.3, 0.4) is 0 Å². The van der Waals surface area contributed by atoms with Crippen LogP contribution >= 0.6 is 23.2 Å². The lowest BCUT2D eigenvalue weighted by Crippen LogP contribution is -2.48. The van der Waals surface area contributed by atoms with E-state index in [1.54, 1.807) is 53.7 Å². The number of nitrogens with zero attached hydrogens (tertiary/aromatic N) is 4. The highest BCUT2D eigenvalue weighted by Gasteiger charge is 2.39. The van der Waals surface area contributed by atoms with Crippen molar-refractivity contribution in [3.8, 4) is 0 Å². The molecule has 0 radical (unpaired) electrons. The highest BCUT2D eigenvalue weighted by atomic mass is 35.5. The van der Waals surface area contributed by atoms with Crippen LogP contribution in [-0.4, -0.2) is 63.7 Å². The quantitative estimate of drug-likeness (QED) is 0.268. The van der Waals surface area contributed by atoms with Gasteiger partial charge >= 0.3 is 0 Å². The lowest BCUT2D eigenvalue weighted by atomic mass is 10.1. The van der Waals surface area contributed by atoms with Crippen molar-refractivity contribution in [3.63, 3.8) is 0 Å². The average molecular weight is 646 g/mol. The van der Waals surface area contributed by atoms with Crippen LogP contribution in [-0.2, 0) is 26.6 Å². The summed E-state index contributed by atoms with van der Waals surface area (Å²) in [6.45, 7) is 2.60. The van der Waals surface area contributed by atoms with E-state index in [9.17, 15) is 21.6 Å². The Morgan fingerprint density at radius 1 is 0.738 bits per heavy atom. The van der Waals surface area contributed by atoms with Gasteiger partial charge in [-0.15, -0.1) is 0 Å². The fraction of sp³-hybridized carbons (Fsp3) is 0.172. The van der Waals surface area contributed by atoms with Crippen LogP contribution in [0.25, 0.3) is 0 Å². The number of benzene rings is 3. The summed E-state index contributed by atoms with van der Waals surface area (Å²) in [6, 6.07) is 21.0. The molecule has 4 aromatic rings. The minimum Gasteiger partial charge on any atom is -0.336 e. The number of piperazine rings is 1. The van der Waals surface area contributed by atoms with E-state index in [0.717, 1.165) is 0 Å². The molecule has 0 aliphatic carbocycles. The number of amides is 1. The van der Waals surface area contributed by atoms with Gasteiger partial charge in [-0.25, -0.2) is 0 Å². The number of halogens is 2. The molecule has 218 valence electrons. The first-order chi connectivity index (χ1) is 20.1. The van der Waals surface area contributed by atoms with Crippen molar-refractivity contribution in [1.29, 1.82) is 0 Å². The number of sulfonamides is 2. The molecule has 0 spiro atoms. The second-order valence-electron chi connectivity index (χ2n) is 9.54. The van der Waals surface area contributed by atoms with Gasteiger partial charge in [-0.05, 0) is 54.1 Å². The number of carbonyl (C=O) groups is 1. The maximum Gasteiger partial charge on any atom is 0.279 e. The zero-order chi connectivity index (χ0) is 29.9. The van der Waals surface area contributed by atoms with E-state index in [1.165, 1.54) is 48.5 Å². The van der Waals surface area contributed by atoms with Crippen molar-refractivity contribution in [2.24, 2.45) is 0 Å². The van der Waals surface area contributed by atoms with Crippen LogP contribution in [0, 0.1) is 0 Å². The third-order valence-corrected chi connectivity index (χ3v) is 12.0. The van der Waals surface area contributed by atoms with Crippen LogP contribution < -0.4 is 3.71 Å². The SMILES string of the molecule is O=C(c1ccncc1)N1CCN(Cc2cccc(N(S(=O)(=O)c3ccccc3Cl)S(=O)(=O)c3ccccc3Cl)c2)CC1. The summed E-state index contributed by atoms with van der Waals surface area (Å²) >= 11 is 12.5. The molecule has 9 nitrogen and oxygen atoms in total. The van der Waals surface area contributed by atoms with E-state index in [2.05, 4.69) is 9.88 Å². The van der Waals surface area contributed by atoms with Gasteiger partial charge in [0.1, 0.15) is 9.79 Å². The Morgan fingerprint density at radius 2 is 1.29 bits per heavy atom. The zero-order valence-electron chi connectivity index (χ0n) is 22.2. The standard InChI is InChI=1S/C29H26Cl2N4O5S2/c30-25-8-1-3-10-27(25)41(37,38)35(42(39,40)28-11-4-2-9-26(28)31)24-7-5-6-22(20-24)21-33-16-18-34(19-17-33)29(36)23-12-14-32-15-13-23/h1-15,20H,16-19,21H2. The summed E-state index contributed by atoms with van der Waals surface area (Å²) < 4.78 is 56.3. The van der Waals surface area contributed by atoms with Gasteiger partial charge in [0.05, 0.1) is 15.7 Å². The first-order valence-electron chi connectivity index (χ1n) is 12.9. The van der Waals surface area contributed by atoms with E-state index in [4.69, 9.17) is 23.2 Å². The third kappa shape index (κ3) is 6.16.